The summed E-state index contributed by atoms with van der Waals surface area (Å²) in [6.07, 6.45) is 0. The highest BCUT2D eigenvalue weighted by Crippen LogP contribution is 2.28. The Morgan fingerprint density at radius 2 is 2.43 bits per heavy atom. The SMILES string of the molecule is C=C(F)SSCC. The molecule has 7 heavy (non-hydrogen) atoms. The smallest absolute Gasteiger partial charge is 0.159 e. The molecule has 0 fully saturated rings. The lowest BCUT2D eigenvalue weighted by Gasteiger charge is -1.87. The van der Waals surface area contributed by atoms with Gasteiger partial charge in [0, 0.05) is 5.75 Å². The van der Waals surface area contributed by atoms with Gasteiger partial charge in [-0.3, -0.25) is 0 Å². The molecule has 0 aliphatic rings. The Balaban J connectivity index is 2.82. The first-order valence-electron chi connectivity index (χ1n) is 1.91. The van der Waals surface area contributed by atoms with Crippen LogP contribution < -0.4 is 0 Å². The summed E-state index contributed by atoms with van der Waals surface area (Å²) in [6.45, 7) is 5.04. The zero-order valence-corrected chi connectivity index (χ0v) is 5.74. The van der Waals surface area contributed by atoms with Crippen LogP contribution in [0.3, 0.4) is 0 Å². The minimum absolute atomic E-state index is 0.313. The first kappa shape index (κ1) is 7.37. The average molecular weight is 138 g/mol. The number of hydrogen-bond donors (Lipinski definition) is 0. The second kappa shape index (κ2) is 4.53. The van der Waals surface area contributed by atoms with Gasteiger partial charge in [0.2, 0.25) is 0 Å². The highest BCUT2D eigenvalue weighted by atomic mass is 33.1. The van der Waals surface area contributed by atoms with Crippen LogP contribution in [-0.4, -0.2) is 5.75 Å². The molecular weight excluding hydrogens is 131 g/mol. The molecule has 0 rings (SSSR count). The highest BCUT2D eigenvalue weighted by Gasteiger charge is 1.86. The van der Waals surface area contributed by atoms with Gasteiger partial charge in [-0.1, -0.05) is 24.3 Å². The molecule has 0 aliphatic carbocycles. The summed E-state index contributed by atoms with van der Waals surface area (Å²) in [7, 11) is 2.55. The zero-order chi connectivity index (χ0) is 5.70. The van der Waals surface area contributed by atoms with Crippen LogP contribution in [0.4, 0.5) is 4.39 Å². The van der Waals surface area contributed by atoms with Gasteiger partial charge < -0.3 is 0 Å². The van der Waals surface area contributed by atoms with E-state index in [1.165, 1.54) is 10.8 Å². The van der Waals surface area contributed by atoms with Gasteiger partial charge in [-0.25, -0.2) is 0 Å². The average Bonchev–Trinajstić information content (AvgIpc) is 1.61. The maximum Gasteiger partial charge on any atom is 0.159 e. The Hall–Kier alpha value is 0.370. The van der Waals surface area contributed by atoms with Crippen LogP contribution in [0, 0.1) is 0 Å². The molecule has 0 bridgehead atoms. The fraction of sp³-hybridized carbons (Fsp3) is 0.500. The van der Waals surface area contributed by atoms with Crippen LogP contribution in [-0.2, 0) is 0 Å². The maximum absolute atomic E-state index is 11.6. The van der Waals surface area contributed by atoms with Gasteiger partial charge in [0.25, 0.3) is 0 Å². The Morgan fingerprint density at radius 1 is 1.86 bits per heavy atom. The van der Waals surface area contributed by atoms with Crippen LogP contribution in [0.5, 0.6) is 0 Å². The van der Waals surface area contributed by atoms with Gasteiger partial charge in [-0.15, -0.1) is 0 Å². The van der Waals surface area contributed by atoms with Gasteiger partial charge >= 0.3 is 0 Å². The molecule has 0 atom stereocenters. The van der Waals surface area contributed by atoms with E-state index in [-0.39, 0.29) is 5.16 Å². The van der Waals surface area contributed by atoms with Gasteiger partial charge in [-0.2, -0.15) is 4.39 Å². The van der Waals surface area contributed by atoms with Crippen LogP contribution in [0.2, 0.25) is 0 Å². The summed E-state index contributed by atoms with van der Waals surface area (Å²) in [5, 5.41) is -0.313. The van der Waals surface area contributed by atoms with E-state index in [0.29, 0.717) is 0 Å². The van der Waals surface area contributed by atoms with Crippen LogP contribution in [0.1, 0.15) is 6.92 Å². The maximum atomic E-state index is 11.6. The molecule has 0 radical (unpaired) electrons. The molecule has 0 saturated heterocycles. The lowest BCUT2D eigenvalue weighted by Crippen LogP contribution is -1.56. The lowest BCUT2D eigenvalue weighted by molar-refractivity contribution is 0.705. The highest BCUT2D eigenvalue weighted by molar-refractivity contribution is 8.78. The normalized spacial score (nSPS) is 8.86. The fourth-order valence-electron chi connectivity index (χ4n) is 0.123. The number of halogens is 1. The molecule has 0 N–H and O–H groups in total. The van der Waals surface area contributed by atoms with E-state index >= 15 is 0 Å². The van der Waals surface area contributed by atoms with Crippen molar-refractivity contribution in [1.82, 2.24) is 0 Å². The molecule has 0 unspecified atom stereocenters. The lowest BCUT2D eigenvalue weighted by atomic mass is 11.0. The Kier molecular flexibility index (Phi) is 4.77. The summed E-state index contributed by atoms with van der Waals surface area (Å²) >= 11 is 0. The predicted molar refractivity (Wildman–Crippen MR) is 36.0 cm³/mol. The molecule has 0 aromatic rings. The molecule has 0 heterocycles. The van der Waals surface area contributed by atoms with Crippen LogP contribution in [0.15, 0.2) is 11.7 Å². The van der Waals surface area contributed by atoms with Gasteiger partial charge in [0.15, 0.2) is 5.16 Å². The third-order valence-corrected chi connectivity index (χ3v) is 2.40. The number of rotatable bonds is 3. The zero-order valence-electron chi connectivity index (χ0n) is 4.11. The van der Waals surface area contributed by atoms with Crippen molar-refractivity contribution in [3.8, 4) is 0 Å². The molecule has 0 aromatic heterocycles. The van der Waals surface area contributed by atoms with Crippen molar-refractivity contribution in [3.63, 3.8) is 0 Å². The van der Waals surface area contributed by atoms with Crippen molar-refractivity contribution in [2.75, 3.05) is 5.75 Å². The molecule has 42 valence electrons. The van der Waals surface area contributed by atoms with E-state index in [0.717, 1.165) is 16.5 Å². The summed E-state index contributed by atoms with van der Waals surface area (Å²) in [5.41, 5.74) is 0. The molecule has 0 aromatic carbocycles. The second-order valence-electron chi connectivity index (χ2n) is 0.845. The second-order valence-corrected chi connectivity index (χ2v) is 3.47. The van der Waals surface area contributed by atoms with Crippen LogP contribution in [0.25, 0.3) is 0 Å². The van der Waals surface area contributed by atoms with Gasteiger partial charge in [0.1, 0.15) is 0 Å². The summed E-state index contributed by atoms with van der Waals surface area (Å²) in [6, 6.07) is 0. The van der Waals surface area contributed by atoms with Crippen molar-refractivity contribution in [2.24, 2.45) is 0 Å². The third kappa shape index (κ3) is 6.37. The van der Waals surface area contributed by atoms with Crippen LogP contribution >= 0.6 is 21.6 Å². The molecule has 0 saturated carbocycles. The Labute approximate surface area is 51.0 Å². The minimum Gasteiger partial charge on any atom is -0.199 e. The molecule has 0 spiro atoms. The van der Waals surface area contributed by atoms with E-state index in [2.05, 4.69) is 6.58 Å². The monoisotopic (exact) mass is 138 g/mol. The van der Waals surface area contributed by atoms with Crippen molar-refractivity contribution < 1.29 is 4.39 Å². The van der Waals surface area contributed by atoms with Gasteiger partial charge in [0.05, 0.1) is 0 Å². The van der Waals surface area contributed by atoms with E-state index < -0.39 is 0 Å². The van der Waals surface area contributed by atoms with Crippen molar-refractivity contribution in [2.45, 2.75) is 6.92 Å². The molecule has 0 nitrogen and oxygen atoms in total. The predicted octanol–water partition coefficient (Wildman–Crippen LogP) is 2.83. The molecule has 3 heteroatoms. The summed E-state index contributed by atoms with van der Waals surface area (Å²) in [5.74, 6) is 0.924. The van der Waals surface area contributed by atoms with E-state index in [4.69, 9.17) is 0 Å². The Morgan fingerprint density at radius 3 is 2.57 bits per heavy atom. The topological polar surface area (TPSA) is 0 Å². The summed E-state index contributed by atoms with van der Waals surface area (Å²) < 4.78 is 11.6. The van der Waals surface area contributed by atoms with E-state index in [9.17, 15) is 4.39 Å². The van der Waals surface area contributed by atoms with Crippen molar-refractivity contribution in [3.05, 3.63) is 11.7 Å². The van der Waals surface area contributed by atoms with Crippen molar-refractivity contribution in [1.29, 1.82) is 0 Å². The van der Waals surface area contributed by atoms with Gasteiger partial charge in [-0.05, 0) is 10.8 Å². The molecular formula is C4H7FS2. The standard InChI is InChI=1S/C4H7FS2/c1-3-6-7-4(2)5/h2-3H2,1H3. The largest absolute Gasteiger partial charge is 0.199 e. The summed E-state index contributed by atoms with van der Waals surface area (Å²) in [4.78, 5) is 0. The number of hydrogen-bond acceptors (Lipinski definition) is 2. The Bertz CT molecular complexity index is 62.7. The quantitative estimate of drug-likeness (QED) is 0.550. The first-order chi connectivity index (χ1) is 3.27. The first-order valence-corrected chi connectivity index (χ1v) is 4.23. The minimum atomic E-state index is -0.313. The van der Waals surface area contributed by atoms with E-state index in [1.807, 2.05) is 6.92 Å². The molecule has 0 amide bonds. The van der Waals surface area contributed by atoms with Crippen molar-refractivity contribution >= 4 is 21.6 Å². The van der Waals surface area contributed by atoms with E-state index in [1.54, 1.807) is 0 Å². The molecule has 0 aliphatic heterocycles. The fourth-order valence-corrected chi connectivity index (χ4v) is 1.11. The third-order valence-electron chi connectivity index (χ3n) is 0.267.